The second-order valence-corrected chi connectivity index (χ2v) is 3.60. The molecule has 16 heavy (non-hydrogen) atoms. The van der Waals surface area contributed by atoms with Crippen molar-refractivity contribution in [3.63, 3.8) is 0 Å². The van der Waals surface area contributed by atoms with Gasteiger partial charge in [0.2, 0.25) is 0 Å². The third-order valence-electron chi connectivity index (χ3n) is 2.22. The molecule has 0 radical (unpaired) electrons. The van der Waals surface area contributed by atoms with E-state index >= 15 is 0 Å². The molecule has 1 aromatic heterocycles. The van der Waals surface area contributed by atoms with Gasteiger partial charge in [-0.3, -0.25) is 9.78 Å². The number of unbranched alkanes of at least 4 members (excludes halogenated alkanes) is 1. The van der Waals surface area contributed by atoms with Crippen molar-refractivity contribution in [1.29, 1.82) is 5.26 Å². The van der Waals surface area contributed by atoms with Crippen LogP contribution in [0.5, 0.6) is 0 Å². The topological polar surface area (TPSA) is 65.8 Å². The van der Waals surface area contributed by atoms with Crippen molar-refractivity contribution in [3.05, 3.63) is 29.1 Å². The van der Waals surface area contributed by atoms with Crippen molar-refractivity contribution in [3.8, 4) is 6.07 Å². The molecule has 84 valence electrons. The molecule has 0 aromatic carbocycles. The quantitative estimate of drug-likeness (QED) is 0.781. The van der Waals surface area contributed by atoms with Crippen LogP contribution in [0, 0.1) is 25.2 Å². The number of carbonyl (C=O) groups is 1. The van der Waals surface area contributed by atoms with Gasteiger partial charge in [0.1, 0.15) is 0 Å². The van der Waals surface area contributed by atoms with Crippen LogP contribution < -0.4 is 5.32 Å². The molecule has 4 nitrogen and oxygen atoms in total. The first-order valence-electron chi connectivity index (χ1n) is 5.24. The highest BCUT2D eigenvalue weighted by molar-refractivity contribution is 5.95. The Kier molecular flexibility index (Phi) is 4.46. The molecular weight excluding hydrogens is 202 g/mol. The highest BCUT2D eigenvalue weighted by atomic mass is 16.1. The maximum absolute atomic E-state index is 11.7. The first-order chi connectivity index (χ1) is 7.65. The summed E-state index contributed by atoms with van der Waals surface area (Å²) in [5.74, 6) is -0.122. The van der Waals surface area contributed by atoms with Crippen molar-refractivity contribution >= 4 is 5.91 Å². The number of nitrogens with zero attached hydrogens (tertiary/aromatic N) is 2. The fourth-order valence-electron chi connectivity index (χ4n) is 1.39. The summed E-state index contributed by atoms with van der Waals surface area (Å²) in [6.45, 7) is 4.23. The van der Waals surface area contributed by atoms with Crippen LogP contribution in [0.1, 0.15) is 34.6 Å². The minimum absolute atomic E-state index is 0.122. The number of rotatable bonds is 4. The molecule has 0 bridgehead atoms. The third kappa shape index (κ3) is 3.35. The number of amides is 1. The highest BCUT2D eigenvalue weighted by Gasteiger charge is 2.08. The lowest BCUT2D eigenvalue weighted by Crippen LogP contribution is -2.25. The van der Waals surface area contributed by atoms with Gasteiger partial charge in [0, 0.05) is 18.7 Å². The molecule has 4 heteroatoms. The lowest BCUT2D eigenvalue weighted by atomic mass is 10.1. The van der Waals surface area contributed by atoms with E-state index in [4.69, 9.17) is 5.26 Å². The molecule has 0 atom stereocenters. The second kappa shape index (κ2) is 5.86. The number of carbonyl (C=O) groups excluding carboxylic acids is 1. The minimum atomic E-state index is -0.122. The molecule has 1 rings (SSSR count). The van der Waals surface area contributed by atoms with Gasteiger partial charge in [0.25, 0.3) is 5.91 Å². The van der Waals surface area contributed by atoms with Crippen molar-refractivity contribution in [2.24, 2.45) is 0 Å². The van der Waals surface area contributed by atoms with Gasteiger partial charge in [0.15, 0.2) is 0 Å². The van der Waals surface area contributed by atoms with Crippen LogP contribution in [0.25, 0.3) is 0 Å². The Hall–Kier alpha value is -1.89. The predicted molar refractivity (Wildman–Crippen MR) is 60.9 cm³/mol. The number of hydrogen-bond acceptors (Lipinski definition) is 3. The largest absolute Gasteiger partial charge is 0.352 e. The van der Waals surface area contributed by atoms with Gasteiger partial charge in [-0.25, -0.2) is 0 Å². The zero-order valence-corrected chi connectivity index (χ0v) is 9.58. The third-order valence-corrected chi connectivity index (χ3v) is 2.22. The summed E-state index contributed by atoms with van der Waals surface area (Å²) in [5.41, 5.74) is 2.24. The first kappa shape index (κ1) is 12.2. The molecular formula is C12H15N3O. The molecule has 1 amide bonds. The Labute approximate surface area is 95.3 Å². The molecule has 0 aliphatic heterocycles. The smallest absolute Gasteiger partial charge is 0.253 e. The van der Waals surface area contributed by atoms with E-state index in [1.54, 1.807) is 6.07 Å². The highest BCUT2D eigenvalue weighted by Crippen LogP contribution is 2.06. The zero-order valence-electron chi connectivity index (χ0n) is 9.58. The fraction of sp³-hybridized carbons (Fsp3) is 0.417. The van der Waals surface area contributed by atoms with E-state index in [0.29, 0.717) is 24.9 Å². The number of aromatic nitrogens is 1. The van der Waals surface area contributed by atoms with Crippen molar-refractivity contribution < 1.29 is 4.79 Å². The average molecular weight is 217 g/mol. The normalized spacial score (nSPS) is 9.56. The number of nitriles is 1. The van der Waals surface area contributed by atoms with Crippen LogP contribution in [-0.2, 0) is 0 Å². The van der Waals surface area contributed by atoms with Gasteiger partial charge in [-0.2, -0.15) is 5.26 Å². The summed E-state index contributed by atoms with van der Waals surface area (Å²) in [7, 11) is 0. The molecule has 0 aliphatic rings. The van der Waals surface area contributed by atoms with Gasteiger partial charge in [-0.05, 0) is 32.4 Å². The lowest BCUT2D eigenvalue weighted by Gasteiger charge is -2.06. The van der Waals surface area contributed by atoms with E-state index in [-0.39, 0.29) is 5.91 Å². The van der Waals surface area contributed by atoms with E-state index in [0.717, 1.165) is 11.4 Å². The Balaban J connectivity index is 2.57. The van der Waals surface area contributed by atoms with Crippen molar-refractivity contribution in [2.45, 2.75) is 26.7 Å². The number of aryl methyl sites for hydroxylation is 2. The molecule has 0 saturated carbocycles. The summed E-state index contributed by atoms with van der Waals surface area (Å²) >= 11 is 0. The van der Waals surface area contributed by atoms with Gasteiger partial charge in [-0.1, -0.05) is 0 Å². The molecule has 0 unspecified atom stereocenters. The van der Waals surface area contributed by atoms with Crippen LogP contribution in [-0.4, -0.2) is 17.4 Å². The standard InChI is InChI=1S/C12H15N3O/c1-9-5-6-11(10(2)15-9)12(16)14-8-4-3-7-13/h5-6H,3-4,8H2,1-2H3,(H,14,16). The van der Waals surface area contributed by atoms with Crippen LogP contribution in [0.3, 0.4) is 0 Å². The predicted octanol–water partition coefficient (Wildman–Crippen LogP) is 1.73. The van der Waals surface area contributed by atoms with Gasteiger partial charge < -0.3 is 5.32 Å². The first-order valence-corrected chi connectivity index (χ1v) is 5.24. The van der Waals surface area contributed by atoms with E-state index < -0.39 is 0 Å². The van der Waals surface area contributed by atoms with Crippen LogP contribution in [0.2, 0.25) is 0 Å². The molecule has 1 N–H and O–H groups in total. The summed E-state index contributed by atoms with van der Waals surface area (Å²) in [4.78, 5) is 15.9. The van der Waals surface area contributed by atoms with Crippen LogP contribution in [0.15, 0.2) is 12.1 Å². The molecule has 1 heterocycles. The zero-order chi connectivity index (χ0) is 12.0. The summed E-state index contributed by atoms with van der Waals surface area (Å²) in [6, 6.07) is 5.63. The average Bonchev–Trinajstić information content (AvgIpc) is 2.24. The fourth-order valence-corrected chi connectivity index (χ4v) is 1.39. The molecule has 1 aromatic rings. The summed E-state index contributed by atoms with van der Waals surface area (Å²) in [6.07, 6.45) is 1.14. The van der Waals surface area contributed by atoms with E-state index in [9.17, 15) is 4.79 Å². The number of hydrogen-bond donors (Lipinski definition) is 1. The second-order valence-electron chi connectivity index (χ2n) is 3.60. The number of nitrogens with one attached hydrogen (secondary N) is 1. The Morgan fingerprint density at radius 2 is 2.25 bits per heavy atom. The Morgan fingerprint density at radius 3 is 2.88 bits per heavy atom. The van der Waals surface area contributed by atoms with Gasteiger partial charge in [-0.15, -0.1) is 0 Å². The molecule has 0 spiro atoms. The molecule has 0 aliphatic carbocycles. The molecule has 0 saturated heterocycles. The van der Waals surface area contributed by atoms with Crippen LogP contribution in [0.4, 0.5) is 0 Å². The maximum atomic E-state index is 11.7. The maximum Gasteiger partial charge on any atom is 0.253 e. The van der Waals surface area contributed by atoms with Crippen molar-refractivity contribution in [1.82, 2.24) is 10.3 Å². The van der Waals surface area contributed by atoms with E-state index in [1.807, 2.05) is 26.0 Å². The van der Waals surface area contributed by atoms with Crippen molar-refractivity contribution in [2.75, 3.05) is 6.54 Å². The van der Waals surface area contributed by atoms with Crippen LogP contribution >= 0.6 is 0 Å². The summed E-state index contributed by atoms with van der Waals surface area (Å²) < 4.78 is 0. The number of pyridine rings is 1. The molecule has 0 fully saturated rings. The Bertz CT molecular complexity index is 421. The summed E-state index contributed by atoms with van der Waals surface area (Å²) in [5, 5.41) is 11.1. The lowest BCUT2D eigenvalue weighted by molar-refractivity contribution is 0.0952. The minimum Gasteiger partial charge on any atom is -0.352 e. The van der Waals surface area contributed by atoms with Gasteiger partial charge in [0.05, 0.1) is 17.3 Å². The monoisotopic (exact) mass is 217 g/mol. The Morgan fingerprint density at radius 1 is 1.50 bits per heavy atom. The van der Waals surface area contributed by atoms with E-state index in [1.165, 1.54) is 0 Å². The van der Waals surface area contributed by atoms with E-state index in [2.05, 4.69) is 10.3 Å². The van der Waals surface area contributed by atoms with Gasteiger partial charge >= 0.3 is 0 Å². The SMILES string of the molecule is Cc1ccc(C(=O)NCCCC#N)c(C)n1.